The van der Waals surface area contributed by atoms with Crippen LogP contribution in [0.1, 0.15) is 6.42 Å². The summed E-state index contributed by atoms with van der Waals surface area (Å²) in [4.78, 5) is 0. The summed E-state index contributed by atoms with van der Waals surface area (Å²) >= 11 is 0. The predicted molar refractivity (Wildman–Crippen MR) is 136 cm³/mol. The number of hydrogen-bond acceptors (Lipinski definition) is 5. The van der Waals surface area contributed by atoms with Crippen molar-refractivity contribution in [2.75, 3.05) is 34.0 Å². The second-order valence-electron chi connectivity index (χ2n) is 8.14. The zero-order valence-corrected chi connectivity index (χ0v) is 18.9. The Hall–Kier alpha value is -4.17. The van der Waals surface area contributed by atoms with Gasteiger partial charge in [0.25, 0.3) is 0 Å². The van der Waals surface area contributed by atoms with Crippen LogP contribution in [0.2, 0.25) is 0 Å². The lowest BCUT2D eigenvalue weighted by molar-refractivity contribution is -0.671. The molecule has 8 heteroatoms. The van der Waals surface area contributed by atoms with Gasteiger partial charge in [-0.3, -0.25) is 0 Å². The Labute approximate surface area is 194 Å². The van der Waals surface area contributed by atoms with Gasteiger partial charge in [-0.15, -0.1) is 0 Å². The largest absolute Gasteiger partial charge is 0.399 e. The summed E-state index contributed by atoms with van der Waals surface area (Å²) < 4.78 is 4.24. The predicted octanol–water partition coefficient (Wildman–Crippen LogP) is 3.34. The average Bonchev–Trinajstić information content (AvgIpc) is 3.22. The molecule has 0 bridgehead atoms. The minimum Gasteiger partial charge on any atom is -0.399 e. The first-order valence-electron chi connectivity index (χ1n) is 11.0. The van der Waals surface area contributed by atoms with Crippen LogP contribution in [0, 0.1) is 0 Å². The summed E-state index contributed by atoms with van der Waals surface area (Å²) in [7, 11) is 2.03. The number of imidazole rings is 1. The van der Waals surface area contributed by atoms with Crippen molar-refractivity contribution in [3.63, 3.8) is 0 Å². The second-order valence-corrected chi connectivity index (χ2v) is 8.14. The smallest absolute Gasteiger partial charge is 0.243 e. The number of nitrogen functional groups attached to an aromatic ring is 2. The monoisotopic (exact) mass is 444 g/mol. The Morgan fingerprint density at radius 3 is 2.18 bits per heavy atom. The van der Waals surface area contributed by atoms with Crippen molar-refractivity contribution in [2.24, 2.45) is 7.05 Å². The molecule has 10 N–H and O–H groups in total. The van der Waals surface area contributed by atoms with Gasteiger partial charge in [-0.25, -0.2) is 9.13 Å². The van der Waals surface area contributed by atoms with E-state index in [4.69, 9.17) is 11.5 Å². The van der Waals surface area contributed by atoms with Crippen molar-refractivity contribution in [1.29, 1.82) is 0 Å². The summed E-state index contributed by atoms with van der Waals surface area (Å²) in [5.74, 6) is 0. The van der Waals surface area contributed by atoms with Gasteiger partial charge in [-0.1, -0.05) is 0 Å². The fourth-order valence-corrected chi connectivity index (χ4v) is 3.57. The molecule has 0 aliphatic heterocycles. The molecule has 4 rings (SSSR count). The van der Waals surface area contributed by atoms with Crippen molar-refractivity contribution in [3.05, 3.63) is 79.4 Å². The lowest BCUT2D eigenvalue weighted by Crippen LogP contribution is -2.41. The quantitative estimate of drug-likeness (QED) is 0.134. The third-order valence-corrected chi connectivity index (χ3v) is 5.37. The second kappa shape index (κ2) is 9.97. The number of nitrogens with two attached hydrogens (primary N) is 2. The van der Waals surface area contributed by atoms with E-state index in [1.807, 2.05) is 43.4 Å². The number of rotatable bonds is 9. The number of nitrogens with zero attached hydrogens (tertiary/aromatic N) is 2. The van der Waals surface area contributed by atoms with Crippen LogP contribution >= 0.6 is 0 Å². The summed E-state index contributed by atoms with van der Waals surface area (Å²) in [6.07, 6.45) is 7.28. The van der Waals surface area contributed by atoms with Crippen molar-refractivity contribution in [2.45, 2.75) is 13.0 Å². The van der Waals surface area contributed by atoms with Crippen LogP contribution in [0.5, 0.6) is 0 Å². The highest BCUT2D eigenvalue weighted by Crippen LogP contribution is 2.33. The van der Waals surface area contributed by atoms with Crippen LogP contribution in [-0.2, 0) is 13.6 Å². The van der Waals surface area contributed by atoms with Crippen LogP contribution in [-0.4, -0.2) is 11.1 Å². The van der Waals surface area contributed by atoms with Crippen molar-refractivity contribution in [3.8, 4) is 0 Å². The summed E-state index contributed by atoms with van der Waals surface area (Å²) in [5.41, 5.74) is 23.0. The Morgan fingerprint density at radius 2 is 1.52 bits per heavy atom. The normalized spacial score (nSPS) is 10.7. The average molecular weight is 445 g/mol. The molecule has 3 aromatic carbocycles. The highest BCUT2D eigenvalue weighted by molar-refractivity contribution is 5.84. The number of anilines is 7. The Kier molecular flexibility index (Phi) is 6.66. The van der Waals surface area contributed by atoms with E-state index in [0.717, 1.165) is 59.3 Å². The van der Waals surface area contributed by atoms with Gasteiger partial charge < -0.3 is 33.2 Å². The van der Waals surface area contributed by atoms with Crippen LogP contribution in [0.25, 0.3) is 0 Å². The standard InChI is InChI=1S/C25H31N8/c1-32-13-14-33(17-32)12-2-11-29-19-7-9-21(10-8-19)31-25-16-24(22(27)15-23(25)28)30-20-5-3-18(26)4-6-20/h3-10,13-17,29-31H,2,11-12,26-28H2,1H3/q+1/p+1. The third kappa shape index (κ3) is 5.96. The molecular formula is C25H32N8+2. The molecule has 1 aromatic heterocycles. The van der Waals surface area contributed by atoms with Gasteiger partial charge in [-0.2, -0.15) is 0 Å². The summed E-state index contributed by atoms with van der Waals surface area (Å²) in [5, 5.41) is 10.3. The van der Waals surface area contributed by atoms with Crippen molar-refractivity contribution in [1.82, 2.24) is 4.57 Å². The van der Waals surface area contributed by atoms with Gasteiger partial charge in [0, 0.05) is 41.8 Å². The topological polar surface area (TPSA) is 125 Å². The maximum atomic E-state index is 6.21. The Morgan fingerprint density at radius 1 is 0.879 bits per heavy atom. The number of benzene rings is 3. The van der Waals surface area contributed by atoms with E-state index in [-0.39, 0.29) is 0 Å². The molecule has 0 aliphatic rings. The number of quaternary nitrogens is 1. The first kappa shape index (κ1) is 22.0. The molecule has 33 heavy (non-hydrogen) atoms. The molecule has 0 amide bonds. The molecule has 4 aromatic rings. The fraction of sp³-hybridized carbons (Fsp3) is 0.160. The minimum atomic E-state index is 0.635. The zero-order valence-electron chi connectivity index (χ0n) is 18.9. The van der Waals surface area contributed by atoms with Crippen molar-refractivity contribution >= 4 is 45.5 Å². The van der Waals surface area contributed by atoms with Crippen LogP contribution in [0.15, 0.2) is 79.4 Å². The lowest BCUT2D eigenvalue weighted by atomic mass is 10.1. The van der Waals surface area contributed by atoms with E-state index in [2.05, 4.69) is 73.8 Å². The van der Waals surface area contributed by atoms with E-state index in [0.29, 0.717) is 5.69 Å². The van der Waals surface area contributed by atoms with E-state index in [1.165, 1.54) is 0 Å². The molecule has 0 fully saturated rings. The van der Waals surface area contributed by atoms with E-state index >= 15 is 0 Å². The molecule has 0 saturated heterocycles. The fourth-order valence-electron chi connectivity index (χ4n) is 3.57. The maximum absolute atomic E-state index is 6.21. The molecule has 0 unspecified atom stereocenters. The number of nitrogens with one attached hydrogen (secondary N) is 3. The molecule has 0 saturated carbocycles. The molecular weight excluding hydrogens is 412 g/mol. The molecule has 0 spiro atoms. The minimum absolute atomic E-state index is 0.635. The lowest BCUT2D eigenvalue weighted by Gasteiger charge is -2.14. The van der Waals surface area contributed by atoms with Crippen LogP contribution < -0.4 is 37.7 Å². The Balaban J connectivity index is 1.35. The third-order valence-electron chi connectivity index (χ3n) is 5.37. The highest BCUT2D eigenvalue weighted by atomic mass is 15.1. The summed E-state index contributed by atoms with van der Waals surface area (Å²) in [6.45, 7) is 1.90. The first-order valence-corrected chi connectivity index (χ1v) is 11.0. The molecule has 0 aliphatic carbocycles. The van der Waals surface area contributed by atoms with Gasteiger partial charge >= 0.3 is 0 Å². The highest BCUT2D eigenvalue weighted by Gasteiger charge is 2.10. The van der Waals surface area contributed by atoms with Gasteiger partial charge in [-0.05, 0) is 54.6 Å². The zero-order chi connectivity index (χ0) is 23.2. The Bertz CT molecular complexity index is 1200. The molecule has 0 radical (unpaired) electrons. The van der Waals surface area contributed by atoms with Gasteiger partial charge in [0.2, 0.25) is 6.33 Å². The molecule has 170 valence electrons. The van der Waals surface area contributed by atoms with E-state index < -0.39 is 0 Å². The van der Waals surface area contributed by atoms with Gasteiger partial charge in [0.15, 0.2) is 5.69 Å². The van der Waals surface area contributed by atoms with Crippen molar-refractivity contribution < 1.29 is 10.3 Å². The first-order chi connectivity index (χ1) is 16.0. The summed E-state index contributed by atoms with van der Waals surface area (Å²) in [6, 6.07) is 19.6. The van der Waals surface area contributed by atoms with Crippen LogP contribution in [0.3, 0.4) is 0 Å². The molecule has 1 heterocycles. The van der Waals surface area contributed by atoms with E-state index in [9.17, 15) is 0 Å². The van der Waals surface area contributed by atoms with E-state index in [1.54, 1.807) is 0 Å². The number of hydrogen-bond donors (Lipinski definition) is 6. The molecule has 0 atom stereocenters. The SMILES string of the molecule is C[n+]1ccn(CCCNc2ccc(Nc3cc(Nc4ccc(N)cc4)c(N)cc3[NH3+])cc2)c1. The number of aromatic nitrogens is 2. The number of aryl methyl sites for hydroxylation is 2. The molecule has 8 nitrogen and oxygen atoms in total. The maximum Gasteiger partial charge on any atom is 0.243 e. The van der Waals surface area contributed by atoms with Gasteiger partial charge in [0.1, 0.15) is 18.1 Å². The van der Waals surface area contributed by atoms with Gasteiger partial charge in [0.05, 0.1) is 25.0 Å². The van der Waals surface area contributed by atoms with Crippen LogP contribution in [0.4, 0.5) is 45.5 Å².